The van der Waals surface area contributed by atoms with Gasteiger partial charge >= 0.3 is 0 Å². The molecule has 0 aromatic heterocycles. The molecule has 2 rings (SSSR count). The van der Waals surface area contributed by atoms with E-state index in [1.54, 1.807) is 0 Å². The van der Waals surface area contributed by atoms with Crippen molar-refractivity contribution in [2.75, 3.05) is 6.54 Å². The van der Waals surface area contributed by atoms with Gasteiger partial charge in [0.15, 0.2) is 0 Å². The number of benzene rings is 1. The Morgan fingerprint density at radius 2 is 2.00 bits per heavy atom. The first-order chi connectivity index (χ1) is 10.9. The van der Waals surface area contributed by atoms with Gasteiger partial charge in [0.05, 0.1) is 11.7 Å². The first kappa shape index (κ1) is 18.3. The third-order valence-electron chi connectivity index (χ3n) is 4.71. The minimum atomic E-state index is -0.710. The highest BCUT2D eigenvalue weighted by molar-refractivity contribution is 5.18. The van der Waals surface area contributed by atoms with E-state index >= 15 is 0 Å². The molecule has 23 heavy (non-hydrogen) atoms. The van der Waals surface area contributed by atoms with E-state index in [1.165, 1.54) is 12.1 Å². The summed E-state index contributed by atoms with van der Waals surface area (Å²) in [6, 6.07) is 3.25. The lowest BCUT2D eigenvalue weighted by Crippen LogP contribution is -2.53. The van der Waals surface area contributed by atoms with Gasteiger partial charge in [0.1, 0.15) is 11.6 Å². The number of hydrogen-bond donors (Lipinski definition) is 3. The van der Waals surface area contributed by atoms with Crippen LogP contribution in [0.25, 0.3) is 0 Å². The topological polar surface area (TPSA) is 52.5 Å². The fraction of sp³-hybridized carbons (Fsp3) is 0.667. The van der Waals surface area contributed by atoms with Gasteiger partial charge < -0.3 is 15.5 Å². The Morgan fingerprint density at radius 3 is 2.65 bits per heavy atom. The molecule has 1 heterocycles. The second-order valence-electron chi connectivity index (χ2n) is 6.73. The molecule has 1 saturated heterocycles. The van der Waals surface area contributed by atoms with Crippen molar-refractivity contribution in [1.82, 2.24) is 5.32 Å². The van der Waals surface area contributed by atoms with Crippen LogP contribution in [0.15, 0.2) is 18.2 Å². The molecule has 3 nitrogen and oxygen atoms in total. The maximum absolute atomic E-state index is 13.2. The van der Waals surface area contributed by atoms with E-state index in [9.17, 15) is 19.0 Å². The van der Waals surface area contributed by atoms with Gasteiger partial charge in [-0.15, -0.1) is 0 Å². The highest BCUT2D eigenvalue weighted by Gasteiger charge is 2.36. The van der Waals surface area contributed by atoms with Crippen molar-refractivity contribution in [2.24, 2.45) is 0 Å². The Hall–Kier alpha value is -1.04. The van der Waals surface area contributed by atoms with E-state index in [0.29, 0.717) is 37.8 Å². The number of halogens is 2. The van der Waals surface area contributed by atoms with Gasteiger partial charge in [-0.1, -0.05) is 19.8 Å². The molecule has 1 aliphatic heterocycles. The molecular formula is C18H27F2NO2. The summed E-state index contributed by atoms with van der Waals surface area (Å²) in [6.07, 6.45) is 4.15. The second kappa shape index (κ2) is 8.18. The van der Waals surface area contributed by atoms with Crippen LogP contribution in [-0.4, -0.2) is 34.5 Å². The fourth-order valence-corrected chi connectivity index (χ4v) is 3.35. The zero-order valence-corrected chi connectivity index (χ0v) is 13.7. The van der Waals surface area contributed by atoms with Crippen LogP contribution < -0.4 is 5.32 Å². The summed E-state index contributed by atoms with van der Waals surface area (Å²) in [5, 5.41) is 24.3. The Morgan fingerprint density at radius 1 is 1.30 bits per heavy atom. The lowest BCUT2D eigenvalue weighted by Gasteiger charge is -2.39. The molecule has 3 atom stereocenters. The van der Waals surface area contributed by atoms with Crippen molar-refractivity contribution in [1.29, 1.82) is 0 Å². The van der Waals surface area contributed by atoms with Crippen LogP contribution in [0.1, 0.15) is 51.0 Å². The van der Waals surface area contributed by atoms with E-state index in [2.05, 4.69) is 12.2 Å². The molecule has 3 N–H and O–H groups in total. The Balaban J connectivity index is 1.88. The highest BCUT2D eigenvalue weighted by Crippen LogP contribution is 2.29. The minimum absolute atomic E-state index is 0.177. The van der Waals surface area contributed by atoms with Crippen LogP contribution in [0, 0.1) is 11.6 Å². The van der Waals surface area contributed by atoms with Gasteiger partial charge in [0.25, 0.3) is 0 Å². The van der Waals surface area contributed by atoms with E-state index in [0.717, 1.165) is 25.3 Å². The predicted molar refractivity (Wildman–Crippen MR) is 86.2 cm³/mol. The minimum Gasteiger partial charge on any atom is -0.391 e. The molecule has 1 fully saturated rings. The second-order valence-corrected chi connectivity index (χ2v) is 6.73. The van der Waals surface area contributed by atoms with Gasteiger partial charge in [-0.2, -0.15) is 0 Å². The maximum atomic E-state index is 13.2. The lowest BCUT2D eigenvalue weighted by atomic mass is 9.81. The van der Waals surface area contributed by atoms with Crippen LogP contribution >= 0.6 is 0 Å². The Bertz CT molecular complexity index is 492. The molecular weight excluding hydrogens is 300 g/mol. The van der Waals surface area contributed by atoms with E-state index in [-0.39, 0.29) is 6.04 Å². The average molecular weight is 327 g/mol. The number of aryl methyl sites for hydroxylation is 1. The molecule has 1 aromatic carbocycles. The standard InChI is InChI=1S/C18H27F2NO2/c1-2-3-6-18(23)7-8-21-16(12-18)17(22)5-4-13-9-14(19)11-15(20)10-13/h9-11,16-17,21-23H,2-8,12H2,1H3. The molecule has 0 spiro atoms. The molecule has 0 bridgehead atoms. The smallest absolute Gasteiger partial charge is 0.126 e. The summed E-state index contributed by atoms with van der Waals surface area (Å²) < 4.78 is 26.4. The van der Waals surface area contributed by atoms with E-state index < -0.39 is 23.3 Å². The molecule has 0 amide bonds. The number of hydrogen-bond acceptors (Lipinski definition) is 3. The number of nitrogens with one attached hydrogen (secondary N) is 1. The quantitative estimate of drug-likeness (QED) is 0.722. The summed E-state index contributed by atoms with van der Waals surface area (Å²) in [4.78, 5) is 0. The van der Waals surface area contributed by atoms with Gasteiger partial charge in [0.2, 0.25) is 0 Å². The molecule has 0 aliphatic carbocycles. The summed E-state index contributed by atoms with van der Waals surface area (Å²) in [5.74, 6) is -1.20. The Kier molecular flexibility index (Phi) is 6.50. The number of aliphatic hydroxyl groups excluding tert-OH is 1. The molecule has 1 aromatic rings. The Labute approximate surface area is 136 Å². The normalized spacial score (nSPS) is 26.2. The van der Waals surface area contributed by atoms with Crippen molar-refractivity contribution >= 4 is 0 Å². The van der Waals surface area contributed by atoms with Gasteiger partial charge in [-0.05, 0) is 56.3 Å². The summed E-state index contributed by atoms with van der Waals surface area (Å²) in [6.45, 7) is 2.77. The van der Waals surface area contributed by atoms with Crippen LogP contribution in [0.2, 0.25) is 0 Å². The number of rotatable bonds is 7. The average Bonchev–Trinajstić information content (AvgIpc) is 2.50. The molecule has 1 aliphatic rings. The van der Waals surface area contributed by atoms with Gasteiger partial charge in [-0.25, -0.2) is 8.78 Å². The lowest BCUT2D eigenvalue weighted by molar-refractivity contribution is -0.0359. The zero-order chi connectivity index (χ0) is 16.9. The molecule has 3 unspecified atom stereocenters. The van der Waals surface area contributed by atoms with E-state index in [1.807, 2.05) is 0 Å². The first-order valence-corrected chi connectivity index (χ1v) is 8.51. The van der Waals surface area contributed by atoms with Crippen molar-refractivity contribution in [2.45, 2.75) is 69.6 Å². The maximum Gasteiger partial charge on any atom is 0.126 e. The molecule has 5 heteroatoms. The monoisotopic (exact) mass is 327 g/mol. The number of aliphatic hydroxyl groups is 2. The third kappa shape index (κ3) is 5.52. The van der Waals surface area contributed by atoms with Gasteiger partial charge in [0, 0.05) is 12.1 Å². The molecule has 130 valence electrons. The third-order valence-corrected chi connectivity index (χ3v) is 4.71. The first-order valence-electron chi connectivity index (χ1n) is 8.51. The van der Waals surface area contributed by atoms with Crippen molar-refractivity contribution in [3.63, 3.8) is 0 Å². The van der Waals surface area contributed by atoms with Gasteiger partial charge in [-0.3, -0.25) is 0 Å². The van der Waals surface area contributed by atoms with Crippen molar-refractivity contribution in [3.05, 3.63) is 35.4 Å². The van der Waals surface area contributed by atoms with Crippen LogP contribution in [0.5, 0.6) is 0 Å². The van der Waals surface area contributed by atoms with Crippen LogP contribution in [0.4, 0.5) is 8.78 Å². The summed E-state index contributed by atoms with van der Waals surface area (Å²) in [7, 11) is 0. The van der Waals surface area contributed by atoms with Crippen molar-refractivity contribution < 1.29 is 19.0 Å². The number of unbranched alkanes of at least 4 members (excludes halogenated alkanes) is 1. The van der Waals surface area contributed by atoms with Crippen molar-refractivity contribution in [3.8, 4) is 0 Å². The van der Waals surface area contributed by atoms with Crippen LogP contribution in [0.3, 0.4) is 0 Å². The summed E-state index contributed by atoms with van der Waals surface area (Å²) >= 11 is 0. The fourth-order valence-electron chi connectivity index (χ4n) is 3.35. The zero-order valence-electron chi connectivity index (χ0n) is 13.7. The van der Waals surface area contributed by atoms with E-state index in [4.69, 9.17) is 0 Å². The highest BCUT2D eigenvalue weighted by atomic mass is 19.1. The summed E-state index contributed by atoms with van der Waals surface area (Å²) in [5.41, 5.74) is -0.170. The predicted octanol–water partition coefficient (Wildman–Crippen LogP) is 2.93. The molecule has 0 saturated carbocycles. The van der Waals surface area contributed by atoms with Crippen LogP contribution in [-0.2, 0) is 6.42 Å². The molecule has 0 radical (unpaired) electrons. The number of piperidine rings is 1. The SMILES string of the molecule is CCCCC1(O)CCNC(C(O)CCc2cc(F)cc(F)c2)C1. The largest absolute Gasteiger partial charge is 0.391 e.